The van der Waals surface area contributed by atoms with Crippen molar-refractivity contribution in [3.63, 3.8) is 0 Å². The Labute approximate surface area is 160 Å². The number of carbonyl (C=O) groups excluding carboxylic acids is 4. The van der Waals surface area contributed by atoms with E-state index in [1.165, 1.54) is 12.0 Å². The van der Waals surface area contributed by atoms with Gasteiger partial charge in [0.2, 0.25) is 11.8 Å². The first-order valence-corrected chi connectivity index (χ1v) is 8.99. The summed E-state index contributed by atoms with van der Waals surface area (Å²) in [6, 6.07) is 7.69. The molecule has 2 aliphatic heterocycles. The first kappa shape index (κ1) is 18.0. The van der Waals surface area contributed by atoms with Crippen LogP contribution in [0.3, 0.4) is 0 Å². The topological polar surface area (TPSA) is 105 Å². The summed E-state index contributed by atoms with van der Waals surface area (Å²) < 4.78 is 4.74. The third-order valence-electron chi connectivity index (χ3n) is 5.16. The van der Waals surface area contributed by atoms with Crippen LogP contribution in [0, 0.1) is 0 Å². The van der Waals surface area contributed by atoms with Crippen molar-refractivity contribution in [2.24, 2.45) is 0 Å². The molecule has 0 radical (unpaired) electrons. The highest BCUT2D eigenvalue weighted by atomic mass is 16.5. The van der Waals surface area contributed by atoms with Gasteiger partial charge < -0.3 is 10.1 Å². The zero-order valence-electron chi connectivity index (χ0n) is 15.4. The van der Waals surface area contributed by atoms with Crippen LogP contribution in [0.2, 0.25) is 0 Å². The van der Waals surface area contributed by atoms with Gasteiger partial charge in [0.25, 0.3) is 5.91 Å². The molecule has 0 saturated carbocycles. The number of ether oxygens (including phenoxy) is 1. The highest BCUT2D eigenvalue weighted by Crippen LogP contribution is 2.42. The van der Waals surface area contributed by atoms with Gasteiger partial charge in [-0.1, -0.05) is 18.2 Å². The van der Waals surface area contributed by atoms with E-state index < -0.39 is 24.0 Å². The van der Waals surface area contributed by atoms with E-state index in [-0.39, 0.29) is 24.7 Å². The third-order valence-corrected chi connectivity index (χ3v) is 5.16. The average Bonchev–Trinajstić information content (AvgIpc) is 2.97. The van der Waals surface area contributed by atoms with E-state index >= 15 is 0 Å². The molecule has 1 fully saturated rings. The number of nitrogens with zero attached hydrogens (tertiary/aromatic N) is 1. The molecule has 0 aromatic heterocycles. The maximum atomic E-state index is 13.4. The molecule has 28 heavy (non-hydrogen) atoms. The molecule has 1 saturated heterocycles. The minimum absolute atomic E-state index is 0.178. The molecule has 2 N–H and O–H groups in total. The lowest BCUT2D eigenvalue weighted by atomic mass is 10.0. The number of piperidine rings is 1. The Morgan fingerprint density at radius 3 is 2.75 bits per heavy atom. The van der Waals surface area contributed by atoms with Crippen LogP contribution in [-0.4, -0.2) is 42.9 Å². The van der Waals surface area contributed by atoms with E-state index in [2.05, 4.69) is 10.6 Å². The lowest BCUT2D eigenvalue weighted by Gasteiger charge is -2.30. The fourth-order valence-corrected chi connectivity index (χ4v) is 3.84. The van der Waals surface area contributed by atoms with Crippen LogP contribution < -0.4 is 15.5 Å². The second-order valence-corrected chi connectivity index (χ2v) is 6.89. The van der Waals surface area contributed by atoms with Crippen LogP contribution >= 0.6 is 0 Å². The Kier molecular flexibility index (Phi) is 4.26. The Morgan fingerprint density at radius 2 is 2.04 bits per heavy atom. The van der Waals surface area contributed by atoms with E-state index in [1.807, 2.05) is 18.2 Å². The Hall–Kier alpha value is -3.42. The minimum Gasteiger partial charge on any atom is -0.467 e. The number of anilines is 2. The fourth-order valence-electron chi connectivity index (χ4n) is 3.84. The largest absolute Gasteiger partial charge is 0.467 e. The van der Waals surface area contributed by atoms with Crippen molar-refractivity contribution in [1.29, 1.82) is 0 Å². The minimum atomic E-state index is -0.755. The first-order valence-electron chi connectivity index (χ1n) is 8.99. The van der Waals surface area contributed by atoms with Gasteiger partial charge in [-0.25, -0.2) is 4.79 Å². The predicted octanol–water partition coefficient (Wildman–Crippen LogP) is 1.58. The van der Waals surface area contributed by atoms with Crippen LogP contribution in [0.15, 0.2) is 30.3 Å². The molecule has 2 aromatic carbocycles. The van der Waals surface area contributed by atoms with E-state index in [4.69, 9.17) is 4.74 Å². The van der Waals surface area contributed by atoms with Crippen molar-refractivity contribution in [2.45, 2.75) is 31.8 Å². The normalized spacial score (nSPS) is 19.6. The predicted molar refractivity (Wildman–Crippen MR) is 102 cm³/mol. The van der Waals surface area contributed by atoms with Gasteiger partial charge in [0.05, 0.1) is 18.4 Å². The van der Waals surface area contributed by atoms with Crippen LogP contribution in [0.5, 0.6) is 0 Å². The maximum absolute atomic E-state index is 13.4. The Morgan fingerprint density at radius 1 is 1.25 bits per heavy atom. The van der Waals surface area contributed by atoms with E-state index in [0.717, 1.165) is 10.8 Å². The summed E-state index contributed by atoms with van der Waals surface area (Å²) in [5.41, 5.74) is 1.53. The average molecular weight is 381 g/mol. The highest BCUT2D eigenvalue weighted by molar-refractivity contribution is 6.29. The van der Waals surface area contributed by atoms with Gasteiger partial charge in [-0.3, -0.25) is 24.6 Å². The van der Waals surface area contributed by atoms with E-state index in [9.17, 15) is 19.2 Å². The van der Waals surface area contributed by atoms with E-state index in [1.54, 1.807) is 19.1 Å². The van der Waals surface area contributed by atoms with Crippen molar-refractivity contribution >= 4 is 45.8 Å². The molecule has 2 aromatic rings. The molecule has 4 rings (SSSR count). The van der Waals surface area contributed by atoms with Gasteiger partial charge in [0.15, 0.2) is 0 Å². The molecule has 8 heteroatoms. The van der Waals surface area contributed by atoms with E-state index in [0.29, 0.717) is 16.9 Å². The number of carbonyl (C=O) groups is 4. The quantitative estimate of drug-likeness (QED) is 0.615. The molecular formula is C20H19N3O5. The maximum Gasteiger partial charge on any atom is 0.327 e. The number of amides is 3. The number of benzene rings is 2. The lowest BCUT2D eigenvalue weighted by molar-refractivity contribution is -0.141. The van der Waals surface area contributed by atoms with Crippen molar-refractivity contribution in [3.8, 4) is 0 Å². The number of esters is 1. The summed E-state index contributed by atoms with van der Waals surface area (Å²) in [6.07, 6.45) is 0.444. The molecule has 144 valence electrons. The number of hydrogen-bond donors (Lipinski definition) is 2. The van der Waals surface area contributed by atoms with Crippen molar-refractivity contribution < 1.29 is 23.9 Å². The Balaban J connectivity index is 1.79. The standard InChI is InChI=1S/C20H19N3O5/c1-10(20(27)28-2)21-12-7-6-11-4-3-5-13-16(11)17(12)19(26)23(13)14-8-9-15(24)22-18(14)25/h3-7,10,14,21H,8-9H2,1-2H3,(H,22,24,25)/t10-,14?/m0/s1. The van der Waals surface area contributed by atoms with Crippen LogP contribution in [-0.2, 0) is 19.1 Å². The molecule has 0 aliphatic carbocycles. The van der Waals surface area contributed by atoms with Crippen molar-refractivity contribution in [2.75, 3.05) is 17.3 Å². The van der Waals surface area contributed by atoms with Gasteiger partial charge in [0, 0.05) is 17.5 Å². The van der Waals surface area contributed by atoms with Crippen LogP contribution in [0.1, 0.15) is 30.1 Å². The summed E-state index contributed by atoms with van der Waals surface area (Å²) in [6.45, 7) is 1.64. The third kappa shape index (κ3) is 2.69. The summed E-state index contributed by atoms with van der Waals surface area (Å²) in [5, 5.41) is 6.91. The van der Waals surface area contributed by atoms with Gasteiger partial charge in [-0.05, 0) is 30.9 Å². The summed E-state index contributed by atoms with van der Waals surface area (Å²) in [7, 11) is 1.30. The molecule has 0 bridgehead atoms. The van der Waals surface area contributed by atoms with Crippen LogP contribution in [0.25, 0.3) is 10.8 Å². The lowest BCUT2D eigenvalue weighted by Crippen LogP contribution is -2.53. The molecule has 2 heterocycles. The van der Waals surface area contributed by atoms with Gasteiger partial charge in [0.1, 0.15) is 12.1 Å². The zero-order valence-corrected chi connectivity index (χ0v) is 15.4. The van der Waals surface area contributed by atoms with Crippen molar-refractivity contribution in [1.82, 2.24) is 5.32 Å². The second-order valence-electron chi connectivity index (χ2n) is 6.89. The molecule has 8 nitrogen and oxygen atoms in total. The SMILES string of the molecule is COC(=O)[C@H](C)Nc1ccc2cccc3c2c1C(=O)N3C1CCC(=O)NC1=O. The smallest absolute Gasteiger partial charge is 0.327 e. The summed E-state index contributed by atoms with van der Waals surface area (Å²) in [5.74, 6) is -1.60. The second kappa shape index (κ2) is 6.63. The molecular weight excluding hydrogens is 362 g/mol. The van der Waals surface area contributed by atoms with Gasteiger partial charge in [-0.15, -0.1) is 0 Å². The number of imide groups is 1. The van der Waals surface area contributed by atoms with Crippen molar-refractivity contribution in [3.05, 3.63) is 35.9 Å². The number of methoxy groups -OCH3 is 1. The molecule has 2 atom stereocenters. The first-order chi connectivity index (χ1) is 13.4. The number of nitrogens with one attached hydrogen (secondary N) is 2. The van der Waals surface area contributed by atoms with Gasteiger partial charge in [-0.2, -0.15) is 0 Å². The van der Waals surface area contributed by atoms with Gasteiger partial charge >= 0.3 is 5.97 Å². The molecule has 1 unspecified atom stereocenters. The monoisotopic (exact) mass is 381 g/mol. The fraction of sp³-hybridized carbons (Fsp3) is 0.300. The van der Waals surface area contributed by atoms with Crippen LogP contribution in [0.4, 0.5) is 11.4 Å². The zero-order chi connectivity index (χ0) is 20.0. The number of hydrogen-bond acceptors (Lipinski definition) is 6. The summed E-state index contributed by atoms with van der Waals surface area (Å²) >= 11 is 0. The Bertz CT molecular complexity index is 1030. The highest BCUT2D eigenvalue weighted by Gasteiger charge is 2.41. The number of rotatable bonds is 4. The summed E-state index contributed by atoms with van der Waals surface area (Å²) in [4.78, 5) is 50.5. The molecule has 2 aliphatic rings. The molecule has 0 spiro atoms. The molecule has 3 amide bonds.